The van der Waals surface area contributed by atoms with Gasteiger partial charge in [0.1, 0.15) is 5.67 Å². The molecule has 0 aliphatic carbocycles. The van der Waals surface area contributed by atoms with Crippen molar-refractivity contribution in [2.24, 2.45) is 0 Å². The fourth-order valence-corrected chi connectivity index (χ4v) is 1.75. The van der Waals surface area contributed by atoms with E-state index in [9.17, 15) is 4.39 Å². The van der Waals surface area contributed by atoms with Gasteiger partial charge in [-0.1, -0.05) is 0 Å². The lowest BCUT2D eigenvalue weighted by atomic mass is 9.94. The summed E-state index contributed by atoms with van der Waals surface area (Å²) in [7, 11) is 0. The first-order valence-electron chi connectivity index (χ1n) is 3.77. The summed E-state index contributed by atoms with van der Waals surface area (Å²) in [5.41, 5.74) is -0.958. The average molecular weight is 163 g/mol. The van der Waals surface area contributed by atoms with Crippen LogP contribution in [0.15, 0.2) is 0 Å². The van der Waals surface area contributed by atoms with Gasteiger partial charge in [0.15, 0.2) is 0 Å². The standard InChI is InChI=1S/C7H14FNS/c8-7(3-5-10)2-1-4-9-6-7/h9-10H,1-6H2. The molecule has 1 nitrogen and oxygen atoms in total. The maximum atomic E-state index is 13.5. The smallest absolute Gasteiger partial charge is 0.124 e. The zero-order valence-corrected chi connectivity index (χ0v) is 6.96. The Bertz CT molecular complexity index is 96.3. The first-order valence-corrected chi connectivity index (χ1v) is 4.41. The maximum Gasteiger partial charge on any atom is 0.124 e. The molecular formula is C7H14FNS. The van der Waals surface area contributed by atoms with Gasteiger partial charge in [-0.2, -0.15) is 12.6 Å². The van der Waals surface area contributed by atoms with E-state index in [1.807, 2.05) is 0 Å². The van der Waals surface area contributed by atoms with Gasteiger partial charge in [-0.15, -0.1) is 0 Å². The second-order valence-corrected chi connectivity index (χ2v) is 3.35. The molecule has 0 saturated carbocycles. The molecule has 1 unspecified atom stereocenters. The van der Waals surface area contributed by atoms with E-state index in [4.69, 9.17) is 0 Å². The van der Waals surface area contributed by atoms with Crippen LogP contribution in [0.25, 0.3) is 0 Å². The lowest BCUT2D eigenvalue weighted by Gasteiger charge is -2.29. The summed E-state index contributed by atoms with van der Waals surface area (Å²) < 4.78 is 13.5. The highest BCUT2D eigenvalue weighted by Crippen LogP contribution is 2.24. The van der Waals surface area contributed by atoms with Crippen molar-refractivity contribution < 1.29 is 4.39 Å². The Morgan fingerprint density at radius 2 is 2.40 bits per heavy atom. The molecule has 0 aromatic heterocycles. The summed E-state index contributed by atoms with van der Waals surface area (Å²) in [4.78, 5) is 0. The van der Waals surface area contributed by atoms with E-state index < -0.39 is 5.67 Å². The normalized spacial score (nSPS) is 34.2. The minimum atomic E-state index is -0.958. The lowest BCUT2D eigenvalue weighted by Crippen LogP contribution is -2.42. The van der Waals surface area contributed by atoms with Crippen LogP contribution in [0.3, 0.4) is 0 Å². The maximum absolute atomic E-state index is 13.5. The van der Waals surface area contributed by atoms with Gasteiger partial charge in [-0.3, -0.25) is 0 Å². The zero-order valence-electron chi connectivity index (χ0n) is 6.07. The second kappa shape index (κ2) is 3.58. The molecule has 0 amide bonds. The van der Waals surface area contributed by atoms with E-state index in [0.717, 1.165) is 13.0 Å². The number of alkyl halides is 1. The highest BCUT2D eigenvalue weighted by atomic mass is 32.1. The van der Waals surface area contributed by atoms with Gasteiger partial charge in [-0.25, -0.2) is 4.39 Å². The Morgan fingerprint density at radius 1 is 1.60 bits per heavy atom. The number of halogens is 1. The Balaban J connectivity index is 2.32. The van der Waals surface area contributed by atoms with Crippen molar-refractivity contribution in [3.05, 3.63) is 0 Å². The molecule has 0 bridgehead atoms. The van der Waals surface area contributed by atoms with Crippen molar-refractivity contribution in [1.29, 1.82) is 0 Å². The number of piperidine rings is 1. The van der Waals surface area contributed by atoms with Crippen molar-refractivity contribution in [1.82, 2.24) is 5.32 Å². The van der Waals surface area contributed by atoms with Crippen molar-refractivity contribution in [2.75, 3.05) is 18.8 Å². The number of hydrogen-bond acceptors (Lipinski definition) is 2. The minimum Gasteiger partial charge on any atom is -0.314 e. The van der Waals surface area contributed by atoms with Crippen molar-refractivity contribution in [3.63, 3.8) is 0 Å². The van der Waals surface area contributed by atoms with Gasteiger partial charge in [0.2, 0.25) is 0 Å². The van der Waals surface area contributed by atoms with Gasteiger partial charge in [0.25, 0.3) is 0 Å². The van der Waals surface area contributed by atoms with Crippen LogP contribution in [0.4, 0.5) is 4.39 Å². The summed E-state index contributed by atoms with van der Waals surface area (Å²) in [6.45, 7) is 1.49. The predicted molar refractivity (Wildman–Crippen MR) is 44.4 cm³/mol. The van der Waals surface area contributed by atoms with E-state index in [2.05, 4.69) is 17.9 Å². The molecule has 10 heavy (non-hydrogen) atoms. The Kier molecular flexibility index (Phi) is 2.98. The molecule has 1 N–H and O–H groups in total. The van der Waals surface area contributed by atoms with Crippen LogP contribution >= 0.6 is 12.6 Å². The molecule has 1 fully saturated rings. The monoisotopic (exact) mass is 163 g/mol. The molecule has 1 heterocycles. The summed E-state index contributed by atoms with van der Waals surface area (Å²) in [6, 6.07) is 0. The molecule has 60 valence electrons. The first kappa shape index (κ1) is 8.34. The third kappa shape index (κ3) is 2.13. The van der Waals surface area contributed by atoms with Gasteiger partial charge in [-0.05, 0) is 31.6 Å². The first-order chi connectivity index (χ1) is 4.77. The third-order valence-corrected chi connectivity index (χ3v) is 2.20. The average Bonchev–Trinajstić information content (AvgIpc) is 1.89. The zero-order chi connectivity index (χ0) is 7.45. The van der Waals surface area contributed by atoms with E-state index in [0.29, 0.717) is 25.1 Å². The highest BCUT2D eigenvalue weighted by Gasteiger charge is 2.30. The largest absolute Gasteiger partial charge is 0.314 e. The molecule has 1 atom stereocenters. The number of rotatable bonds is 2. The summed E-state index contributed by atoms with van der Waals surface area (Å²) in [6.07, 6.45) is 2.26. The van der Waals surface area contributed by atoms with Gasteiger partial charge >= 0.3 is 0 Å². The van der Waals surface area contributed by atoms with Gasteiger partial charge < -0.3 is 5.32 Å². The highest BCUT2D eigenvalue weighted by molar-refractivity contribution is 7.80. The minimum absolute atomic E-state index is 0.521. The van der Waals surface area contributed by atoms with Crippen LogP contribution < -0.4 is 5.32 Å². The molecule has 1 rings (SSSR count). The van der Waals surface area contributed by atoms with Crippen molar-refractivity contribution in [3.8, 4) is 0 Å². The second-order valence-electron chi connectivity index (χ2n) is 2.90. The molecule has 0 aromatic rings. The predicted octanol–water partition coefficient (Wildman–Crippen LogP) is 1.40. The molecule has 0 aromatic carbocycles. The van der Waals surface area contributed by atoms with Gasteiger partial charge in [0, 0.05) is 6.54 Å². The van der Waals surface area contributed by atoms with E-state index in [1.165, 1.54) is 0 Å². The van der Waals surface area contributed by atoms with Crippen LogP contribution in [0.5, 0.6) is 0 Å². The quantitative estimate of drug-likeness (QED) is 0.586. The summed E-state index contributed by atoms with van der Waals surface area (Å²) in [5, 5.41) is 3.05. The van der Waals surface area contributed by atoms with Crippen molar-refractivity contribution in [2.45, 2.75) is 24.9 Å². The Hall–Kier alpha value is 0.240. The van der Waals surface area contributed by atoms with Crippen molar-refractivity contribution >= 4 is 12.6 Å². The molecule has 0 radical (unpaired) electrons. The fourth-order valence-electron chi connectivity index (χ4n) is 1.34. The van der Waals surface area contributed by atoms with E-state index in [-0.39, 0.29) is 0 Å². The molecular weight excluding hydrogens is 149 g/mol. The molecule has 1 saturated heterocycles. The lowest BCUT2D eigenvalue weighted by molar-refractivity contribution is 0.119. The Labute approximate surface area is 66.8 Å². The summed E-state index contributed by atoms with van der Waals surface area (Å²) in [5.74, 6) is 0.651. The Morgan fingerprint density at radius 3 is 2.90 bits per heavy atom. The third-order valence-electron chi connectivity index (χ3n) is 1.98. The van der Waals surface area contributed by atoms with Crippen LogP contribution in [0.1, 0.15) is 19.3 Å². The van der Waals surface area contributed by atoms with Crippen LogP contribution in [0.2, 0.25) is 0 Å². The number of nitrogens with one attached hydrogen (secondary N) is 1. The number of thiol groups is 1. The SMILES string of the molecule is FC1(CCS)CCCNC1. The van der Waals surface area contributed by atoms with Crippen LogP contribution in [-0.4, -0.2) is 24.5 Å². The van der Waals surface area contributed by atoms with Crippen LogP contribution in [0, 0.1) is 0 Å². The van der Waals surface area contributed by atoms with E-state index in [1.54, 1.807) is 0 Å². The fraction of sp³-hybridized carbons (Fsp3) is 1.00. The molecule has 1 aliphatic heterocycles. The van der Waals surface area contributed by atoms with Crippen LogP contribution in [-0.2, 0) is 0 Å². The molecule has 1 aliphatic rings. The molecule has 0 spiro atoms. The molecule has 3 heteroatoms. The number of hydrogen-bond donors (Lipinski definition) is 2. The summed E-state index contributed by atoms with van der Waals surface area (Å²) >= 11 is 4.02. The topological polar surface area (TPSA) is 12.0 Å². The van der Waals surface area contributed by atoms with Gasteiger partial charge in [0.05, 0.1) is 0 Å². The van der Waals surface area contributed by atoms with E-state index >= 15 is 0 Å².